The number of carbonyl (C=O) groups excluding carboxylic acids is 1. The maximum Gasteiger partial charge on any atom is 0.410 e. The molecular formula is C28H28ClN3O5. The number of carbonyl (C=O) groups is 2. The van der Waals surface area contributed by atoms with E-state index in [-0.39, 0.29) is 23.7 Å². The SMILES string of the molecule is Cc1nc(Oc2ccc(C(=O)O)cc2)ccc1CN1CCC(N2C(=O)OC[C@H]2c2cccc(Cl)c2)CC1. The number of carboxylic acid groups (broad SMARTS) is 1. The first-order chi connectivity index (χ1) is 17.9. The number of amides is 1. The van der Waals surface area contributed by atoms with Crippen molar-refractivity contribution in [1.82, 2.24) is 14.8 Å². The van der Waals surface area contributed by atoms with Crippen LogP contribution in [0.3, 0.4) is 0 Å². The lowest BCUT2D eigenvalue weighted by molar-refractivity contribution is 0.0696. The van der Waals surface area contributed by atoms with E-state index in [2.05, 4.69) is 9.88 Å². The summed E-state index contributed by atoms with van der Waals surface area (Å²) in [4.78, 5) is 32.4. The van der Waals surface area contributed by atoms with Crippen molar-refractivity contribution in [2.45, 2.75) is 38.4 Å². The molecule has 2 fully saturated rings. The van der Waals surface area contributed by atoms with Gasteiger partial charge in [0.1, 0.15) is 12.4 Å². The summed E-state index contributed by atoms with van der Waals surface area (Å²) in [7, 11) is 0. The Bertz CT molecular complexity index is 1290. The summed E-state index contributed by atoms with van der Waals surface area (Å²) in [5, 5.41) is 9.69. The van der Waals surface area contributed by atoms with Crippen molar-refractivity contribution in [3.8, 4) is 11.6 Å². The minimum atomic E-state index is -0.977. The van der Waals surface area contributed by atoms with Gasteiger partial charge in [0, 0.05) is 42.5 Å². The number of benzene rings is 2. The number of carboxylic acids is 1. The number of likely N-dealkylation sites (tertiary alicyclic amines) is 1. The Balaban J connectivity index is 1.18. The monoisotopic (exact) mass is 521 g/mol. The molecule has 1 atom stereocenters. The number of pyridine rings is 1. The minimum Gasteiger partial charge on any atom is -0.478 e. The Hall–Kier alpha value is -3.62. The lowest BCUT2D eigenvalue weighted by Crippen LogP contribution is -2.46. The van der Waals surface area contributed by atoms with Crippen LogP contribution in [0.1, 0.15) is 46.1 Å². The smallest absolute Gasteiger partial charge is 0.410 e. The van der Waals surface area contributed by atoms with Gasteiger partial charge in [-0.3, -0.25) is 9.80 Å². The molecule has 0 aliphatic carbocycles. The van der Waals surface area contributed by atoms with Crippen molar-refractivity contribution in [1.29, 1.82) is 0 Å². The van der Waals surface area contributed by atoms with Crippen LogP contribution in [-0.4, -0.2) is 57.7 Å². The standard InChI is InChI=1S/C28H28ClN3O5/c1-18-21(7-10-26(30-18)37-24-8-5-19(6-9-24)27(33)34)16-31-13-11-23(12-14-31)32-25(17-36-28(32)35)20-3-2-4-22(29)15-20/h2-10,15,23,25H,11-14,16-17H2,1H3,(H,33,34)/t25-/m0/s1. The van der Waals surface area contributed by atoms with Crippen LogP contribution in [0.25, 0.3) is 0 Å². The van der Waals surface area contributed by atoms with Crippen molar-refractivity contribution >= 4 is 23.7 Å². The van der Waals surface area contributed by atoms with Crippen molar-refractivity contribution in [2.24, 2.45) is 0 Å². The summed E-state index contributed by atoms with van der Waals surface area (Å²) in [5.41, 5.74) is 3.20. The highest BCUT2D eigenvalue weighted by Crippen LogP contribution is 2.34. The number of hydrogen-bond donors (Lipinski definition) is 1. The first-order valence-electron chi connectivity index (χ1n) is 12.3. The number of halogens is 1. The second-order valence-corrected chi connectivity index (χ2v) is 9.82. The minimum absolute atomic E-state index is 0.109. The molecule has 1 aromatic heterocycles. The van der Waals surface area contributed by atoms with Crippen LogP contribution >= 0.6 is 11.6 Å². The van der Waals surface area contributed by atoms with Gasteiger partial charge in [-0.1, -0.05) is 29.8 Å². The fraction of sp³-hybridized carbons (Fsp3) is 0.321. The molecule has 3 heterocycles. The fourth-order valence-corrected chi connectivity index (χ4v) is 5.18. The van der Waals surface area contributed by atoms with Crippen LogP contribution in [0.15, 0.2) is 60.7 Å². The summed E-state index contributed by atoms with van der Waals surface area (Å²) in [5.74, 6) is 0.0149. The zero-order valence-corrected chi connectivity index (χ0v) is 21.2. The average molecular weight is 522 g/mol. The molecule has 0 spiro atoms. The highest BCUT2D eigenvalue weighted by atomic mass is 35.5. The van der Waals surface area contributed by atoms with Gasteiger partial charge < -0.3 is 14.6 Å². The van der Waals surface area contributed by atoms with Crippen LogP contribution < -0.4 is 4.74 Å². The van der Waals surface area contributed by atoms with E-state index >= 15 is 0 Å². The molecule has 0 unspecified atom stereocenters. The number of aromatic nitrogens is 1. The van der Waals surface area contributed by atoms with E-state index in [0.717, 1.165) is 49.3 Å². The molecule has 5 rings (SSSR count). The third kappa shape index (κ3) is 5.70. The number of ether oxygens (including phenoxy) is 2. The molecule has 0 radical (unpaired) electrons. The van der Waals surface area contributed by atoms with Gasteiger partial charge in [-0.15, -0.1) is 0 Å². The second kappa shape index (κ2) is 10.8. The Morgan fingerprint density at radius 2 is 1.89 bits per heavy atom. The Labute approximate surface area is 220 Å². The molecule has 2 aliphatic heterocycles. The van der Waals surface area contributed by atoms with Crippen LogP contribution in [0.4, 0.5) is 4.79 Å². The molecule has 0 bridgehead atoms. The van der Waals surface area contributed by atoms with E-state index in [0.29, 0.717) is 23.3 Å². The largest absolute Gasteiger partial charge is 0.478 e. The molecule has 0 saturated carbocycles. The molecule has 9 heteroatoms. The number of hydrogen-bond acceptors (Lipinski definition) is 6. The quantitative estimate of drug-likeness (QED) is 0.427. The van der Waals surface area contributed by atoms with Gasteiger partial charge in [-0.25, -0.2) is 14.6 Å². The predicted molar refractivity (Wildman–Crippen MR) is 138 cm³/mol. The Morgan fingerprint density at radius 1 is 1.14 bits per heavy atom. The lowest BCUT2D eigenvalue weighted by Gasteiger charge is -2.38. The van der Waals surface area contributed by atoms with E-state index in [1.165, 1.54) is 12.1 Å². The van der Waals surface area contributed by atoms with Crippen molar-refractivity contribution in [3.63, 3.8) is 0 Å². The Kier molecular flexibility index (Phi) is 7.30. The second-order valence-electron chi connectivity index (χ2n) is 9.39. The van der Waals surface area contributed by atoms with E-state index in [1.807, 2.05) is 48.2 Å². The fourth-order valence-electron chi connectivity index (χ4n) is 4.98. The van der Waals surface area contributed by atoms with E-state index in [1.54, 1.807) is 12.1 Å². The number of nitrogens with zero attached hydrogens (tertiary/aromatic N) is 3. The topological polar surface area (TPSA) is 92.2 Å². The van der Waals surface area contributed by atoms with Crippen LogP contribution in [0.5, 0.6) is 11.6 Å². The molecule has 1 N–H and O–H groups in total. The number of aryl methyl sites for hydroxylation is 1. The summed E-state index contributed by atoms with van der Waals surface area (Å²) < 4.78 is 11.2. The van der Waals surface area contributed by atoms with Crippen molar-refractivity contribution < 1.29 is 24.2 Å². The molecular weight excluding hydrogens is 494 g/mol. The summed E-state index contributed by atoms with van der Waals surface area (Å²) >= 11 is 6.18. The number of aromatic carboxylic acids is 1. The molecule has 192 valence electrons. The molecule has 2 aromatic carbocycles. The van der Waals surface area contributed by atoms with Crippen LogP contribution in [0, 0.1) is 6.92 Å². The van der Waals surface area contributed by atoms with Gasteiger partial charge in [0.2, 0.25) is 5.88 Å². The summed E-state index contributed by atoms with van der Waals surface area (Å²) in [6, 6.07) is 17.7. The average Bonchev–Trinajstić information content (AvgIpc) is 3.28. The normalized spacial score (nSPS) is 18.6. The third-order valence-corrected chi connectivity index (χ3v) is 7.22. The number of rotatable bonds is 7. The van der Waals surface area contributed by atoms with E-state index in [4.69, 9.17) is 26.2 Å². The maximum absolute atomic E-state index is 12.6. The number of cyclic esters (lactones) is 1. The zero-order valence-electron chi connectivity index (χ0n) is 20.5. The van der Waals surface area contributed by atoms with Gasteiger partial charge in [-0.05, 0) is 67.3 Å². The van der Waals surface area contributed by atoms with Gasteiger partial charge in [-0.2, -0.15) is 0 Å². The lowest BCUT2D eigenvalue weighted by atomic mass is 9.98. The van der Waals surface area contributed by atoms with E-state index < -0.39 is 5.97 Å². The van der Waals surface area contributed by atoms with Gasteiger partial charge in [0.15, 0.2) is 0 Å². The summed E-state index contributed by atoms with van der Waals surface area (Å²) in [6.07, 6.45) is 1.48. The molecule has 2 saturated heterocycles. The molecule has 37 heavy (non-hydrogen) atoms. The highest BCUT2D eigenvalue weighted by molar-refractivity contribution is 6.30. The van der Waals surface area contributed by atoms with Gasteiger partial charge in [0.25, 0.3) is 0 Å². The first-order valence-corrected chi connectivity index (χ1v) is 12.7. The third-order valence-electron chi connectivity index (χ3n) is 6.98. The van der Waals surface area contributed by atoms with Crippen molar-refractivity contribution in [3.05, 3.63) is 88.1 Å². The first kappa shape index (κ1) is 25.0. The van der Waals surface area contributed by atoms with Gasteiger partial charge in [0.05, 0.1) is 11.6 Å². The van der Waals surface area contributed by atoms with Crippen LogP contribution in [-0.2, 0) is 11.3 Å². The molecule has 8 nitrogen and oxygen atoms in total. The predicted octanol–water partition coefficient (Wildman–Crippen LogP) is 5.69. The molecule has 3 aromatic rings. The summed E-state index contributed by atoms with van der Waals surface area (Å²) in [6.45, 7) is 4.80. The highest BCUT2D eigenvalue weighted by Gasteiger charge is 2.40. The zero-order chi connectivity index (χ0) is 25.9. The molecule has 1 amide bonds. The van der Waals surface area contributed by atoms with Crippen molar-refractivity contribution in [2.75, 3.05) is 19.7 Å². The molecule has 2 aliphatic rings. The maximum atomic E-state index is 12.6. The van der Waals surface area contributed by atoms with E-state index in [9.17, 15) is 9.59 Å². The van der Waals surface area contributed by atoms with Crippen LogP contribution in [0.2, 0.25) is 5.02 Å². The Morgan fingerprint density at radius 3 is 2.57 bits per heavy atom. The van der Waals surface area contributed by atoms with Gasteiger partial charge >= 0.3 is 12.1 Å². The number of piperidine rings is 1.